The fourth-order valence-electron chi connectivity index (χ4n) is 4.95. The molecule has 2 N–H and O–H groups in total. The first kappa shape index (κ1) is 21.1. The topological polar surface area (TPSA) is 78.9 Å². The summed E-state index contributed by atoms with van der Waals surface area (Å²) in [5.41, 5.74) is 6.03. The average Bonchev–Trinajstić information content (AvgIpc) is 3.17. The van der Waals surface area contributed by atoms with Gasteiger partial charge in [-0.25, -0.2) is 9.59 Å². The Morgan fingerprint density at radius 2 is 1.58 bits per heavy atom. The summed E-state index contributed by atoms with van der Waals surface area (Å²) < 4.78 is 5.69. The van der Waals surface area contributed by atoms with Crippen molar-refractivity contribution in [2.24, 2.45) is 0 Å². The second-order valence-electron chi connectivity index (χ2n) is 8.61. The summed E-state index contributed by atoms with van der Waals surface area (Å²) in [6.07, 6.45) is 1.42. The number of piperidine rings is 1. The van der Waals surface area contributed by atoms with Gasteiger partial charge < -0.3 is 20.1 Å². The molecule has 1 aliphatic heterocycles. The molecule has 0 spiro atoms. The number of carbonyl (C=O) groups is 2. The standard InChI is InChI=1S/C27H26N2O4/c30-26(31)18-11-13-20(14-12-18)29-15-5-6-19(16-29)28-27(32)33-17-25-23-9-3-1-7-21(23)22-8-2-4-10-24(22)25/h1-4,7-14,19,25H,5-6,15-17H2,(H,28,32)(H,30,31). The van der Waals surface area contributed by atoms with Crippen LogP contribution in [0.5, 0.6) is 0 Å². The molecule has 1 saturated heterocycles. The minimum absolute atomic E-state index is 0.0199. The van der Waals surface area contributed by atoms with Crippen LogP contribution in [0, 0.1) is 0 Å². The number of alkyl carbamates (subject to hydrolysis) is 1. The number of nitrogens with zero attached hydrogens (tertiary/aromatic N) is 1. The molecule has 33 heavy (non-hydrogen) atoms. The number of ether oxygens (including phenoxy) is 1. The number of amides is 1. The van der Waals surface area contributed by atoms with E-state index in [1.807, 2.05) is 36.4 Å². The second-order valence-corrected chi connectivity index (χ2v) is 8.61. The first-order valence-corrected chi connectivity index (χ1v) is 11.3. The van der Waals surface area contributed by atoms with E-state index in [9.17, 15) is 9.59 Å². The van der Waals surface area contributed by atoms with E-state index in [0.29, 0.717) is 13.2 Å². The van der Waals surface area contributed by atoms with Crippen LogP contribution >= 0.6 is 0 Å². The zero-order chi connectivity index (χ0) is 22.8. The van der Waals surface area contributed by atoms with Crippen LogP contribution in [0.3, 0.4) is 0 Å². The Labute approximate surface area is 192 Å². The molecule has 0 radical (unpaired) electrons. The van der Waals surface area contributed by atoms with Crippen LogP contribution < -0.4 is 10.2 Å². The van der Waals surface area contributed by atoms with Crippen LogP contribution in [0.15, 0.2) is 72.8 Å². The third-order valence-corrected chi connectivity index (χ3v) is 6.57. The normalized spacial score (nSPS) is 17.2. The van der Waals surface area contributed by atoms with Gasteiger partial charge in [0.25, 0.3) is 0 Å². The van der Waals surface area contributed by atoms with Gasteiger partial charge in [0.15, 0.2) is 0 Å². The predicted octanol–water partition coefficient (Wildman–Crippen LogP) is 4.89. The smallest absolute Gasteiger partial charge is 0.407 e. The molecule has 6 heteroatoms. The van der Waals surface area contributed by atoms with E-state index < -0.39 is 12.1 Å². The third kappa shape index (κ3) is 4.29. The molecular weight excluding hydrogens is 416 g/mol. The van der Waals surface area contributed by atoms with E-state index in [2.05, 4.69) is 34.5 Å². The molecule has 1 heterocycles. The lowest BCUT2D eigenvalue weighted by Gasteiger charge is -2.34. The SMILES string of the molecule is O=C(NC1CCCN(c2ccc(C(=O)O)cc2)C1)OCC1c2ccccc2-c2ccccc21. The zero-order valence-electron chi connectivity index (χ0n) is 18.2. The Morgan fingerprint density at radius 3 is 2.21 bits per heavy atom. The number of nitrogens with one attached hydrogen (secondary N) is 1. The Morgan fingerprint density at radius 1 is 0.939 bits per heavy atom. The molecule has 2 aliphatic rings. The maximum Gasteiger partial charge on any atom is 0.407 e. The summed E-state index contributed by atoms with van der Waals surface area (Å²) in [6.45, 7) is 1.83. The number of carboxylic acids is 1. The van der Waals surface area contributed by atoms with E-state index in [-0.39, 0.29) is 17.5 Å². The highest BCUT2D eigenvalue weighted by Crippen LogP contribution is 2.44. The van der Waals surface area contributed by atoms with Crippen LogP contribution in [0.25, 0.3) is 11.1 Å². The fourth-order valence-corrected chi connectivity index (χ4v) is 4.95. The predicted molar refractivity (Wildman–Crippen MR) is 127 cm³/mol. The van der Waals surface area contributed by atoms with Crippen molar-refractivity contribution in [3.05, 3.63) is 89.5 Å². The molecule has 0 bridgehead atoms. The van der Waals surface area contributed by atoms with Crippen molar-refractivity contribution in [1.29, 1.82) is 0 Å². The fraction of sp³-hybridized carbons (Fsp3) is 0.259. The number of anilines is 1. The molecule has 1 amide bonds. The van der Waals surface area contributed by atoms with Gasteiger partial charge in [-0.1, -0.05) is 48.5 Å². The molecular formula is C27H26N2O4. The van der Waals surface area contributed by atoms with Gasteiger partial charge >= 0.3 is 12.1 Å². The lowest BCUT2D eigenvalue weighted by Crippen LogP contribution is -2.48. The minimum Gasteiger partial charge on any atom is -0.478 e. The molecule has 0 aromatic heterocycles. The van der Waals surface area contributed by atoms with E-state index in [4.69, 9.17) is 9.84 Å². The molecule has 1 unspecified atom stereocenters. The Hall–Kier alpha value is -3.80. The van der Waals surface area contributed by atoms with Crippen molar-refractivity contribution < 1.29 is 19.4 Å². The summed E-state index contributed by atoms with van der Waals surface area (Å²) in [5, 5.41) is 12.1. The summed E-state index contributed by atoms with van der Waals surface area (Å²) in [4.78, 5) is 25.9. The van der Waals surface area contributed by atoms with Gasteiger partial charge in [-0.05, 0) is 59.4 Å². The van der Waals surface area contributed by atoms with Gasteiger partial charge in [-0.3, -0.25) is 0 Å². The largest absolute Gasteiger partial charge is 0.478 e. The van der Waals surface area contributed by atoms with E-state index in [1.165, 1.54) is 22.3 Å². The Kier molecular flexibility index (Phi) is 5.73. The molecule has 0 saturated carbocycles. The summed E-state index contributed by atoms with van der Waals surface area (Å²) in [5.74, 6) is -0.895. The van der Waals surface area contributed by atoms with Crippen LogP contribution in [0.2, 0.25) is 0 Å². The number of carboxylic acid groups (broad SMARTS) is 1. The van der Waals surface area contributed by atoms with Crippen molar-refractivity contribution in [2.45, 2.75) is 24.8 Å². The lowest BCUT2D eigenvalue weighted by molar-refractivity contribution is 0.0696. The quantitative estimate of drug-likeness (QED) is 0.588. The Bertz CT molecular complexity index is 1130. The van der Waals surface area contributed by atoms with Gasteiger partial charge in [-0.15, -0.1) is 0 Å². The highest BCUT2D eigenvalue weighted by atomic mass is 16.5. The van der Waals surface area contributed by atoms with Crippen molar-refractivity contribution >= 4 is 17.7 Å². The van der Waals surface area contributed by atoms with E-state index >= 15 is 0 Å². The maximum absolute atomic E-state index is 12.6. The first-order valence-electron chi connectivity index (χ1n) is 11.3. The number of benzene rings is 3. The van der Waals surface area contributed by atoms with Crippen LogP contribution in [0.4, 0.5) is 10.5 Å². The lowest BCUT2D eigenvalue weighted by atomic mass is 9.98. The summed E-state index contributed by atoms with van der Waals surface area (Å²) >= 11 is 0. The van der Waals surface area contributed by atoms with Gasteiger partial charge in [0.05, 0.1) is 5.56 Å². The van der Waals surface area contributed by atoms with Crippen LogP contribution in [-0.2, 0) is 4.74 Å². The van der Waals surface area contributed by atoms with Gasteiger partial charge in [-0.2, -0.15) is 0 Å². The van der Waals surface area contributed by atoms with Gasteiger partial charge in [0.2, 0.25) is 0 Å². The second kappa shape index (κ2) is 8.98. The van der Waals surface area contributed by atoms with E-state index in [1.54, 1.807) is 12.1 Å². The number of aromatic carboxylic acids is 1. The van der Waals surface area contributed by atoms with Gasteiger partial charge in [0, 0.05) is 30.7 Å². The minimum atomic E-state index is -0.935. The third-order valence-electron chi connectivity index (χ3n) is 6.57. The molecule has 6 nitrogen and oxygen atoms in total. The van der Waals surface area contributed by atoms with Crippen LogP contribution in [0.1, 0.15) is 40.2 Å². The maximum atomic E-state index is 12.6. The molecule has 1 atom stereocenters. The number of hydrogen-bond acceptors (Lipinski definition) is 4. The highest BCUT2D eigenvalue weighted by molar-refractivity contribution is 5.88. The van der Waals surface area contributed by atoms with Crippen molar-refractivity contribution in [3.8, 4) is 11.1 Å². The number of hydrogen-bond donors (Lipinski definition) is 2. The highest BCUT2D eigenvalue weighted by Gasteiger charge is 2.29. The Balaban J connectivity index is 1.20. The number of fused-ring (bicyclic) bond motifs is 3. The van der Waals surface area contributed by atoms with Crippen molar-refractivity contribution in [1.82, 2.24) is 5.32 Å². The first-order chi connectivity index (χ1) is 16.1. The zero-order valence-corrected chi connectivity index (χ0v) is 18.2. The molecule has 5 rings (SSSR count). The number of rotatable bonds is 5. The molecule has 3 aromatic rings. The number of carbonyl (C=O) groups excluding carboxylic acids is 1. The van der Waals surface area contributed by atoms with E-state index in [0.717, 1.165) is 25.1 Å². The summed E-state index contributed by atoms with van der Waals surface area (Å²) in [7, 11) is 0. The van der Waals surface area contributed by atoms with Crippen molar-refractivity contribution in [2.75, 3.05) is 24.6 Å². The molecule has 168 valence electrons. The van der Waals surface area contributed by atoms with Gasteiger partial charge in [0.1, 0.15) is 6.61 Å². The van der Waals surface area contributed by atoms with Crippen molar-refractivity contribution in [3.63, 3.8) is 0 Å². The van der Waals surface area contributed by atoms with Crippen LogP contribution in [-0.4, -0.2) is 42.9 Å². The molecule has 1 fully saturated rings. The average molecular weight is 443 g/mol. The molecule has 3 aromatic carbocycles. The monoisotopic (exact) mass is 442 g/mol. The molecule has 1 aliphatic carbocycles. The summed E-state index contributed by atoms with van der Waals surface area (Å²) in [6, 6.07) is 23.4.